The van der Waals surface area contributed by atoms with Crippen LogP contribution in [0.4, 0.5) is 5.13 Å². The third-order valence-electron chi connectivity index (χ3n) is 4.00. The normalized spacial score (nSPS) is 11.0. The molecule has 1 N–H and O–H groups in total. The topological polar surface area (TPSA) is 60.5 Å². The minimum absolute atomic E-state index is 0.0538. The van der Waals surface area contributed by atoms with Crippen LogP contribution in [0.1, 0.15) is 38.7 Å². The van der Waals surface area contributed by atoms with Crippen molar-refractivity contribution in [3.8, 4) is 11.5 Å². The Labute approximate surface area is 163 Å². The van der Waals surface area contributed by atoms with Gasteiger partial charge in [-0.3, -0.25) is 10.1 Å². The van der Waals surface area contributed by atoms with Gasteiger partial charge in [-0.05, 0) is 48.2 Å². The molecule has 1 heterocycles. The fraction of sp³-hybridized carbons (Fsp3) is 0.333. The molecule has 0 bridgehead atoms. The van der Waals surface area contributed by atoms with Gasteiger partial charge in [0.1, 0.15) is 11.5 Å². The predicted octanol–water partition coefficient (Wildman–Crippen LogP) is 5.23. The zero-order valence-corrected chi connectivity index (χ0v) is 16.6. The van der Waals surface area contributed by atoms with Gasteiger partial charge in [0.15, 0.2) is 11.7 Å². The van der Waals surface area contributed by atoms with Crippen LogP contribution in [-0.4, -0.2) is 24.1 Å². The molecule has 0 aliphatic carbocycles. The monoisotopic (exact) mass is 384 g/mol. The Morgan fingerprint density at radius 2 is 1.85 bits per heavy atom. The first-order chi connectivity index (χ1) is 13.0. The summed E-state index contributed by atoms with van der Waals surface area (Å²) in [7, 11) is 0. The maximum Gasteiger partial charge on any atom is 0.264 e. The van der Waals surface area contributed by atoms with Gasteiger partial charge >= 0.3 is 0 Å². The van der Waals surface area contributed by atoms with Gasteiger partial charge in [0.05, 0.1) is 16.8 Å². The van der Waals surface area contributed by atoms with E-state index in [-0.39, 0.29) is 12.5 Å². The Morgan fingerprint density at radius 3 is 2.56 bits per heavy atom. The number of aromatic nitrogens is 1. The Kier molecular flexibility index (Phi) is 6.29. The van der Waals surface area contributed by atoms with E-state index in [1.807, 2.05) is 42.5 Å². The molecule has 6 heteroatoms. The first kappa shape index (κ1) is 19.2. The Bertz CT molecular complexity index is 903. The second kappa shape index (κ2) is 8.86. The van der Waals surface area contributed by atoms with Crippen LogP contribution in [0.5, 0.6) is 11.5 Å². The zero-order chi connectivity index (χ0) is 19.2. The van der Waals surface area contributed by atoms with E-state index in [0.717, 1.165) is 22.4 Å². The van der Waals surface area contributed by atoms with E-state index in [1.54, 1.807) is 0 Å². The van der Waals surface area contributed by atoms with E-state index >= 15 is 0 Å². The molecule has 3 rings (SSSR count). The van der Waals surface area contributed by atoms with E-state index in [1.165, 1.54) is 16.9 Å². The summed E-state index contributed by atoms with van der Waals surface area (Å²) in [4.78, 5) is 16.6. The molecule has 27 heavy (non-hydrogen) atoms. The summed E-state index contributed by atoms with van der Waals surface area (Å²) in [6, 6.07) is 13.6. The molecule has 0 radical (unpaired) electrons. The molecular weight excluding hydrogens is 360 g/mol. The summed E-state index contributed by atoms with van der Waals surface area (Å²) >= 11 is 1.42. The molecule has 3 aromatic rings. The molecule has 2 aromatic carbocycles. The van der Waals surface area contributed by atoms with E-state index in [9.17, 15) is 4.79 Å². The van der Waals surface area contributed by atoms with Crippen LogP contribution in [-0.2, 0) is 4.79 Å². The van der Waals surface area contributed by atoms with E-state index in [0.29, 0.717) is 23.4 Å². The minimum Gasteiger partial charge on any atom is -0.494 e. The number of hydrogen-bond acceptors (Lipinski definition) is 5. The number of amides is 1. The molecule has 0 aliphatic heterocycles. The number of thiazole rings is 1. The van der Waals surface area contributed by atoms with Crippen molar-refractivity contribution >= 4 is 32.6 Å². The van der Waals surface area contributed by atoms with Crippen LogP contribution in [0, 0.1) is 0 Å². The van der Waals surface area contributed by atoms with Crippen LogP contribution in [0.2, 0.25) is 0 Å². The van der Waals surface area contributed by atoms with Crippen molar-refractivity contribution in [3.63, 3.8) is 0 Å². The van der Waals surface area contributed by atoms with Gasteiger partial charge in [-0.2, -0.15) is 0 Å². The molecule has 5 nitrogen and oxygen atoms in total. The smallest absolute Gasteiger partial charge is 0.264 e. The van der Waals surface area contributed by atoms with Gasteiger partial charge in [0, 0.05) is 0 Å². The average Bonchev–Trinajstić information content (AvgIpc) is 3.06. The van der Waals surface area contributed by atoms with Crippen molar-refractivity contribution in [2.45, 2.75) is 33.1 Å². The summed E-state index contributed by atoms with van der Waals surface area (Å²) in [5.74, 6) is 1.73. The standard InChI is InChI=1S/C21H24N2O3S/c1-4-11-25-17-9-10-18-19(12-17)27-21(22-18)23-20(24)13-26-16-7-5-15(6-8-16)14(2)3/h5-10,12,14H,4,11,13H2,1-3H3,(H,22,23,24). The van der Waals surface area contributed by atoms with Crippen LogP contribution in [0.15, 0.2) is 42.5 Å². The number of carbonyl (C=O) groups is 1. The summed E-state index contributed by atoms with van der Waals surface area (Å²) < 4.78 is 12.2. The summed E-state index contributed by atoms with van der Waals surface area (Å²) in [6.07, 6.45) is 0.961. The number of rotatable bonds is 8. The molecule has 142 valence electrons. The number of carbonyl (C=O) groups excluding carboxylic acids is 1. The predicted molar refractivity (Wildman–Crippen MR) is 110 cm³/mol. The Morgan fingerprint density at radius 1 is 1.11 bits per heavy atom. The zero-order valence-electron chi connectivity index (χ0n) is 15.8. The largest absolute Gasteiger partial charge is 0.494 e. The molecule has 0 fully saturated rings. The molecule has 0 aliphatic rings. The third kappa shape index (κ3) is 5.20. The van der Waals surface area contributed by atoms with E-state index in [2.05, 4.69) is 31.1 Å². The highest BCUT2D eigenvalue weighted by Gasteiger charge is 2.10. The average molecular weight is 385 g/mol. The third-order valence-corrected chi connectivity index (χ3v) is 4.93. The molecule has 1 amide bonds. The van der Waals surface area contributed by atoms with Crippen molar-refractivity contribution < 1.29 is 14.3 Å². The van der Waals surface area contributed by atoms with Crippen LogP contribution < -0.4 is 14.8 Å². The second-order valence-corrected chi connectivity index (χ2v) is 7.59. The van der Waals surface area contributed by atoms with Gasteiger partial charge in [0.25, 0.3) is 5.91 Å². The second-order valence-electron chi connectivity index (χ2n) is 6.56. The number of anilines is 1. The summed E-state index contributed by atoms with van der Waals surface area (Å²) in [6.45, 7) is 6.98. The van der Waals surface area contributed by atoms with Crippen molar-refractivity contribution in [1.82, 2.24) is 4.98 Å². The lowest BCUT2D eigenvalue weighted by atomic mass is 10.0. The lowest BCUT2D eigenvalue weighted by molar-refractivity contribution is -0.118. The van der Waals surface area contributed by atoms with Crippen LogP contribution in [0.25, 0.3) is 10.2 Å². The molecule has 0 spiro atoms. The number of hydrogen-bond donors (Lipinski definition) is 1. The SMILES string of the molecule is CCCOc1ccc2nc(NC(=O)COc3ccc(C(C)C)cc3)sc2c1. The Hall–Kier alpha value is -2.60. The lowest BCUT2D eigenvalue weighted by Gasteiger charge is -2.08. The maximum atomic E-state index is 12.2. The minimum atomic E-state index is -0.232. The van der Waals surface area contributed by atoms with Gasteiger partial charge < -0.3 is 9.47 Å². The number of nitrogens with zero attached hydrogens (tertiary/aromatic N) is 1. The van der Waals surface area contributed by atoms with Crippen molar-refractivity contribution in [3.05, 3.63) is 48.0 Å². The molecule has 1 aromatic heterocycles. The quantitative estimate of drug-likeness (QED) is 0.578. The number of fused-ring (bicyclic) bond motifs is 1. The summed E-state index contributed by atoms with van der Waals surface area (Å²) in [5, 5.41) is 3.35. The van der Waals surface area contributed by atoms with Gasteiger partial charge in [0.2, 0.25) is 0 Å². The maximum absolute atomic E-state index is 12.2. The molecule has 0 saturated carbocycles. The number of benzene rings is 2. The van der Waals surface area contributed by atoms with Crippen LogP contribution in [0.3, 0.4) is 0 Å². The van der Waals surface area contributed by atoms with Gasteiger partial charge in [-0.25, -0.2) is 4.98 Å². The van der Waals surface area contributed by atoms with Gasteiger partial charge in [-0.1, -0.05) is 44.2 Å². The fourth-order valence-corrected chi connectivity index (χ4v) is 3.43. The van der Waals surface area contributed by atoms with Crippen molar-refractivity contribution in [2.24, 2.45) is 0 Å². The Balaban J connectivity index is 1.57. The van der Waals surface area contributed by atoms with Crippen molar-refractivity contribution in [1.29, 1.82) is 0 Å². The number of nitrogens with one attached hydrogen (secondary N) is 1. The fourth-order valence-electron chi connectivity index (χ4n) is 2.52. The van der Waals surface area contributed by atoms with E-state index in [4.69, 9.17) is 9.47 Å². The van der Waals surface area contributed by atoms with E-state index < -0.39 is 0 Å². The van der Waals surface area contributed by atoms with Crippen LogP contribution >= 0.6 is 11.3 Å². The van der Waals surface area contributed by atoms with Crippen molar-refractivity contribution in [2.75, 3.05) is 18.5 Å². The molecule has 0 unspecified atom stereocenters. The highest BCUT2D eigenvalue weighted by molar-refractivity contribution is 7.22. The molecule has 0 atom stereocenters. The highest BCUT2D eigenvalue weighted by Crippen LogP contribution is 2.29. The summed E-state index contributed by atoms with van der Waals surface area (Å²) in [5.41, 5.74) is 2.08. The van der Waals surface area contributed by atoms with Gasteiger partial charge in [-0.15, -0.1) is 0 Å². The molecule has 0 saturated heterocycles. The first-order valence-electron chi connectivity index (χ1n) is 9.11. The molecular formula is C21H24N2O3S. The first-order valence-corrected chi connectivity index (χ1v) is 9.93. The lowest BCUT2D eigenvalue weighted by Crippen LogP contribution is -2.20. The number of ether oxygens (including phenoxy) is 2. The highest BCUT2D eigenvalue weighted by atomic mass is 32.1.